The van der Waals surface area contributed by atoms with Gasteiger partial charge in [0, 0.05) is 19.2 Å². The number of carbonyl (C=O) groups excluding carboxylic acids is 1. The van der Waals surface area contributed by atoms with Crippen molar-refractivity contribution in [2.24, 2.45) is 0 Å². The van der Waals surface area contributed by atoms with E-state index in [0.29, 0.717) is 13.3 Å². The van der Waals surface area contributed by atoms with Crippen molar-refractivity contribution in [3.05, 3.63) is 0 Å². The zero-order chi connectivity index (χ0) is 10.0. The fourth-order valence-corrected chi connectivity index (χ4v) is 2.64. The number of nitrogens with one attached hydrogen (secondary N) is 1. The van der Waals surface area contributed by atoms with Crippen molar-refractivity contribution in [3.63, 3.8) is 0 Å². The average Bonchev–Trinajstić information content (AvgIpc) is 2.62. The predicted octanol–water partition coefficient (Wildman–Crippen LogP) is 0.335. The summed E-state index contributed by atoms with van der Waals surface area (Å²) in [6.45, 7) is 1.87. The maximum Gasteiger partial charge on any atom is 0.234 e. The first-order chi connectivity index (χ1) is 6.77. The molecule has 0 aromatic heterocycles. The van der Waals surface area contributed by atoms with Crippen LogP contribution in [0.3, 0.4) is 0 Å². The molecule has 1 aliphatic carbocycles. The maximum atomic E-state index is 11.3. The van der Waals surface area contributed by atoms with E-state index in [-0.39, 0.29) is 11.4 Å². The van der Waals surface area contributed by atoms with Crippen molar-refractivity contribution in [2.75, 3.05) is 26.9 Å². The highest BCUT2D eigenvalue weighted by atomic mass is 16.5. The van der Waals surface area contributed by atoms with Gasteiger partial charge in [0.1, 0.15) is 0 Å². The quantitative estimate of drug-likeness (QED) is 0.695. The van der Waals surface area contributed by atoms with E-state index in [4.69, 9.17) is 4.74 Å². The van der Waals surface area contributed by atoms with Crippen LogP contribution in [0.5, 0.6) is 0 Å². The minimum atomic E-state index is 0.125. The maximum absolute atomic E-state index is 11.3. The first-order valence-electron chi connectivity index (χ1n) is 5.27. The molecule has 0 aromatic rings. The molecule has 14 heavy (non-hydrogen) atoms. The summed E-state index contributed by atoms with van der Waals surface area (Å²) in [5.41, 5.74) is 0.198. The molecule has 4 nitrogen and oxygen atoms in total. The number of ether oxygens (including phenoxy) is 1. The Bertz CT molecular complexity index is 224. The minimum Gasteiger partial charge on any atom is -0.369 e. The van der Waals surface area contributed by atoms with Crippen LogP contribution in [0.1, 0.15) is 25.7 Å². The molecule has 1 spiro atoms. The zero-order valence-corrected chi connectivity index (χ0v) is 8.71. The van der Waals surface area contributed by atoms with Gasteiger partial charge in [0.2, 0.25) is 5.91 Å². The molecule has 1 amide bonds. The van der Waals surface area contributed by atoms with Crippen LogP contribution < -0.4 is 5.32 Å². The molecule has 2 aliphatic rings. The van der Waals surface area contributed by atoms with Gasteiger partial charge in [-0.05, 0) is 12.8 Å². The third-order valence-corrected chi connectivity index (χ3v) is 3.44. The van der Waals surface area contributed by atoms with Crippen molar-refractivity contribution < 1.29 is 9.53 Å². The molecule has 1 aliphatic heterocycles. The molecule has 0 atom stereocenters. The van der Waals surface area contributed by atoms with E-state index in [9.17, 15) is 4.79 Å². The average molecular weight is 198 g/mol. The summed E-state index contributed by atoms with van der Waals surface area (Å²) in [4.78, 5) is 13.5. The second-order valence-electron chi connectivity index (χ2n) is 4.32. The normalized spacial score (nSPS) is 26.8. The summed E-state index contributed by atoms with van der Waals surface area (Å²) >= 11 is 0. The van der Waals surface area contributed by atoms with E-state index in [1.54, 1.807) is 7.11 Å². The molecule has 0 unspecified atom stereocenters. The largest absolute Gasteiger partial charge is 0.369 e. The van der Waals surface area contributed by atoms with E-state index in [1.807, 2.05) is 0 Å². The van der Waals surface area contributed by atoms with E-state index >= 15 is 0 Å². The first kappa shape index (κ1) is 9.93. The highest BCUT2D eigenvalue weighted by molar-refractivity contribution is 5.79. The van der Waals surface area contributed by atoms with Crippen LogP contribution >= 0.6 is 0 Å². The number of hydrogen-bond donors (Lipinski definition) is 1. The molecule has 0 bridgehead atoms. The fourth-order valence-electron chi connectivity index (χ4n) is 2.64. The Morgan fingerprint density at radius 2 is 2.21 bits per heavy atom. The highest BCUT2D eigenvalue weighted by Crippen LogP contribution is 2.35. The molecular weight excluding hydrogens is 180 g/mol. The summed E-state index contributed by atoms with van der Waals surface area (Å²) in [5, 5.41) is 2.97. The monoisotopic (exact) mass is 198 g/mol. The molecule has 4 heteroatoms. The fraction of sp³-hybridized carbons (Fsp3) is 0.900. The van der Waals surface area contributed by atoms with Gasteiger partial charge in [-0.1, -0.05) is 12.8 Å². The Labute approximate surface area is 84.6 Å². The van der Waals surface area contributed by atoms with Gasteiger partial charge in [0.25, 0.3) is 0 Å². The van der Waals surface area contributed by atoms with E-state index in [2.05, 4.69) is 10.2 Å². The second-order valence-corrected chi connectivity index (χ2v) is 4.32. The lowest BCUT2D eigenvalue weighted by molar-refractivity contribution is -0.132. The highest BCUT2D eigenvalue weighted by Gasteiger charge is 2.43. The lowest BCUT2D eigenvalue weighted by Gasteiger charge is -2.44. The summed E-state index contributed by atoms with van der Waals surface area (Å²) in [7, 11) is 1.69. The number of amides is 1. The number of piperazine rings is 1. The lowest BCUT2D eigenvalue weighted by Crippen LogP contribution is -2.62. The van der Waals surface area contributed by atoms with Gasteiger partial charge in [-0.2, -0.15) is 0 Å². The first-order valence-corrected chi connectivity index (χ1v) is 5.27. The molecule has 1 saturated heterocycles. The van der Waals surface area contributed by atoms with Gasteiger partial charge in [0.05, 0.1) is 13.3 Å². The standard InChI is InChI=1S/C10H18N2O2/c1-14-8-12-6-9(13)11-7-10(12)4-2-3-5-10/h2-8H2,1H3,(H,11,13). The number of nitrogens with zero attached hydrogens (tertiary/aromatic N) is 1. The van der Waals surface area contributed by atoms with Crippen LogP contribution in [0, 0.1) is 0 Å². The van der Waals surface area contributed by atoms with Gasteiger partial charge < -0.3 is 10.1 Å². The third-order valence-electron chi connectivity index (χ3n) is 3.44. The third kappa shape index (κ3) is 1.64. The van der Waals surface area contributed by atoms with Gasteiger partial charge in [-0.15, -0.1) is 0 Å². The van der Waals surface area contributed by atoms with E-state index in [0.717, 1.165) is 6.54 Å². The number of carbonyl (C=O) groups is 1. The van der Waals surface area contributed by atoms with Gasteiger partial charge >= 0.3 is 0 Å². The summed E-state index contributed by atoms with van der Waals surface area (Å²) in [6.07, 6.45) is 4.93. The Hall–Kier alpha value is -0.610. The predicted molar refractivity (Wildman–Crippen MR) is 52.8 cm³/mol. The zero-order valence-electron chi connectivity index (χ0n) is 8.71. The number of hydrogen-bond acceptors (Lipinski definition) is 3. The van der Waals surface area contributed by atoms with Crippen molar-refractivity contribution in [1.82, 2.24) is 10.2 Å². The second kappa shape index (κ2) is 3.87. The van der Waals surface area contributed by atoms with Crippen LogP contribution in [0.25, 0.3) is 0 Å². The minimum absolute atomic E-state index is 0.125. The molecule has 80 valence electrons. The van der Waals surface area contributed by atoms with Crippen LogP contribution in [0.4, 0.5) is 0 Å². The molecule has 2 rings (SSSR count). The summed E-state index contributed by atoms with van der Waals surface area (Å²) in [5.74, 6) is 0.125. The summed E-state index contributed by atoms with van der Waals surface area (Å²) in [6, 6.07) is 0. The van der Waals surface area contributed by atoms with E-state index < -0.39 is 0 Å². The summed E-state index contributed by atoms with van der Waals surface area (Å²) < 4.78 is 5.16. The van der Waals surface area contributed by atoms with Crippen molar-refractivity contribution in [2.45, 2.75) is 31.2 Å². The molecular formula is C10H18N2O2. The van der Waals surface area contributed by atoms with Gasteiger partial charge in [-0.3, -0.25) is 9.69 Å². The van der Waals surface area contributed by atoms with Crippen LogP contribution in [-0.4, -0.2) is 43.3 Å². The van der Waals surface area contributed by atoms with Crippen LogP contribution in [0.2, 0.25) is 0 Å². The molecule has 2 fully saturated rings. The molecule has 0 aromatic carbocycles. The van der Waals surface area contributed by atoms with Gasteiger partial charge in [0.15, 0.2) is 0 Å². The smallest absolute Gasteiger partial charge is 0.234 e. The van der Waals surface area contributed by atoms with Crippen molar-refractivity contribution in [1.29, 1.82) is 0 Å². The van der Waals surface area contributed by atoms with Gasteiger partial charge in [-0.25, -0.2) is 0 Å². The lowest BCUT2D eigenvalue weighted by atomic mass is 9.93. The Morgan fingerprint density at radius 1 is 1.50 bits per heavy atom. The Morgan fingerprint density at radius 3 is 2.86 bits per heavy atom. The topological polar surface area (TPSA) is 41.6 Å². The molecule has 0 radical (unpaired) electrons. The number of methoxy groups -OCH3 is 1. The molecule has 1 saturated carbocycles. The molecule has 1 N–H and O–H groups in total. The van der Waals surface area contributed by atoms with E-state index in [1.165, 1.54) is 25.7 Å². The molecule has 1 heterocycles. The van der Waals surface area contributed by atoms with Crippen LogP contribution in [0.15, 0.2) is 0 Å². The SMILES string of the molecule is COCN1CC(=O)NCC12CCCC2. The van der Waals surface area contributed by atoms with Crippen molar-refractivity contribution >= 4 is 5.91 Å². The van der Waals surface area contributed by atoms with Crippen LogP contribution in [-0.2, 0) is 9.53 Å². The van der Waals surface area contributed by atoms with Crippen molar-refractivity contribution in [3.8, 4) is 0 Å². The Balaban J connectivity index is 2.08. The Kier molecular flexibility index (Phi) is 2.74. The number of rotatable bonds is 2.